The number of allylic oxidation sites excluding steroid dienone is 1. The van der Waals surface area contributed by atoms with Gasteiger partial charge in [0.1, 0.15) is 0 Å². The van der Waals surface area contributed by atoms with Gasteiger partial charge in [-0.25, -0.2) is 4.79 Å². The first kappa shape index (κ1) is 23.0. The number of rotatable bonds is 3. The fourth-order valence-corrected chi connectivity index (χ4v) is 5.74. The maximum atomic E-state index is 13.9. The minimum Gasteiger partial charge on any atom is -0.433 e. The van der Waals surface area contributed by atoms with Crippen LogP contribution >= 0.6 is 0 Å². The first-order valence-corrected chi connectivity index (χ1v) is 12.2. The van der Waals surface area contributed by atoms with E-state index in [-0.39, 0.29) is 16.9 Å². The molecule has 8 heteroatoms. The molecular formula is C29H25N3O5. The summed E-state index contributed by atoms with van der Waals surface area (Å²) in [6, 6.07) is 20.5. The van der Waals surface area contributed by atoms with Crippen molar-refractivity contribution in [1.82, 2.24) is 0 Å². The summed E-state index contributed by atoms with van der Waals surface area (Å²) in [6.07, 6.45) is 0.137. The molecule has 8 nitrogen and oxygen atoms in total. The van der Waals surface area contributed by atoms with Gasteiger partial charge >= 0.3 is 5.97 Å². The smallest absolute Gasteiger partial charge is 0.340 e. The first-order valence-electron chi connectivity index (χ1n) is 12.2. The maximum Gasteiger partial charge on any atom is 0.340 e. The van der Waals surface area contributed by atoms with Crippen LogP contribution in [0.2, 0.25) is 0 Å². The minimum atomic E-state index is -0.828. The first-order chi connectivity index (χ1) is 17.7. The number of nitro benzene ring substituents is 1. The molecule has 2 atom stereocenters. The van der Waals surface area contributed by atoms with Crippen molar-refractivity contribution in [2.24, 2.45) is 5.41 Å². The third-order valence-corrected chi connectivity index (χ3v) is 7.25. The SMILES string of the molecule is CC1(C)CC(=O)C2=C(C1)Nc1ccccc1N([C@@H]1OC(=O)c3ccccc31)[C@@H]2c1cccc([N+](=O)[O-])c1. The predicted molar refractivity (Wildman–Crippen MR) is 138 cm³/mol. The van der Waals surface area contributed by atoms with E-state index in [0.717, 1.165) is 17.1 Å². The van der Waals surface area contributed by atoms with Crippen molar-refractivity contribution in [2.75, 3.05) is 10.2 Å². The van der Waals surface area contributed by atoms with Crippen LogP contribution in [-0.2, 0) is 9.53 Å². The van der Waals surface area contributed by atoms with Crippen LogP contribution < -0.4 is 10.2 Å². The van der Waals surface area contributed by atoms with Gasteiger partial charge < -0.3 is 15.0 Å². The number of nitrogens with zero attached hydrogens (tertiary/aromatic N) is 2. The van der Waals surface area contributed by atoms with Gasteiger partial charge in [0.25, 0.3) is 5.69 Å². The van der Waals surface area contributed by atoms with E-state index in [2.05, 4.69) is 19.2 Å². The Morgan fingerprint density at radius 2 is 1.76 bits per heavy atom. The lowest BCUT2D eigenvalue weighted by atomic mass is 9.73. The number of fused-ring (bicyclic) bond motifs is 2. The number of ketones is 1. The number of carbonyl (C=O) groups is 2. The Bertz CT molecular complexity index is 1510. The quantitative estimate of drug-likeness (QED) is 0.267. The molecular weight excluding hydrogens is 470 g/mol. The number of anilines is 2. The molecule has 186 valence electrons. The standard InChI is InChI=1S/C29H25N3O5/c1-29(2)15-22-25(24(33)16-29)26(17-8-7-9-18(14-17)32(35)36)31(23-13-6-5-12-21(23)30-22)27-19-10-3-4-11-20(19)28(34)37-27/h3-14,26-27,30H,15-16H2,1-2H3/t26-,27-/m1/s1. The third kappa shape index (κ3) is 3.76. The highest BCUT2D eigenvalue weighted by molar-refractivity contribution is 6.02. The molecule has 0 fully saturated rings. The van der Waals surface area contributed by atoms with E-state index < -0.39 is 23.2 Å². The topological polar surface area (TPSA) is 102 Å². The largest absolute Gasteiger partial charge is 0.433 e. The summed E-state index contributed by atoms with van der Waals surface area (Å²) < 4.78 is 5.96. The fraction of sp³-hybridized carbons (Fsp3) is 0.241. The zero-order chi connectivity index (χ0) is 25.9. The molecule has 2 aliphatic heterocycles. The molecule has 0 bridgehead atoms. The van der Waals surface area contributed by atoms with Crippen LogP contribution in [0, 0.1) is 15.5 Å². The second-order valence-corrected chi connectivity index (χ2v) is 10.5. The second-order valence-electron chi connectivity index (χ2n) is 10.5. The van der Waals surface area contributed by atoms with Crippen LogP contribution in [0.4, 0.5) is 17.1 Å². The van der Waals surface area contributed by atoms with Gasteiger partial charge in [0.15, 0.2) is 5.78 Å². The molecule has 3 aliphatic rings. The van der Waals surface area contributed by atoms with E-state index in [1.165, 1.54) is 12.1 Å². The highest BCUT2D eigenvalue weighted by Gasteiger charge is 2.46. The van der Waals surface area contributed by atoms with Crippen LogP contribution in [0.25, 0.3) is 0 Å². The summed E-state index contributed by atoms with van der Waals surface area (Å²) in [5, 5.41) is 15.2. The second kappa shape index (κ2) is 8.30. The van der Waals surface area contributed by atoms with Crippen molar-refractivity contribution in [1.29, 1.82) is 0 Å². The van der Waals surface area contributed by atoms with Gasteiger partial charge in [0.05, 0.1) is 27.9 Å². The van der Waals surface area contributed by atoms with Crippen LogP contribution in [0.1, 0.15) is 60.4 Å². The molecule has 37 heavy (non-hydrogen) atoms. The third-order valence-electron chi connectivity index (χ3n) is 7.25. The summed E-state index contributed by atoms with van der Waals surface area (Å²) in [4.78, 5) is 39.9. The van der Waals surface area contributed by atoms with E-state index in [1.807, 2.05) is 41.3 Å². The van der Waals surface area contributed by atoms with Crippen molar-refractivity contribution < 1.29 is 19.2 Å². The van der Waals surface area contributed by atoms with Gasteiger partial charge in [-0.15, -0.1) is 0 Å². The lowest BCUT2D eigenvalue weighted by Crippen LogP contribution is -2.38. The number of carbonyl (C=O) groups excluding carboxylic acids is 2. The Morgan fingerprint density at radius 3 is 2.57 bits per heavy atom. The van der Waals surface area contributed by atoms with E-state index in [9.17, 15) is 19.7 Å². The van der Waals surface area contributed by atoms with Crippen LogP contribution in [0.15, 0.2) is 84.1 Å². The van der Waals surface area contributed by atoms with E-state index in [4.69, 9.17) is 4.74 Å². The number of ether oxygens (including phenoxy) is 1. The Kier molecular flexibility index (Phi) is 5.15. The average molecular weight is 496 g/mol. The van der Waals surface area contributed by atoms with Crippen molar-refractivity contribution in [3.8, 4) is 0 Å². The van der Waals surface area contributed by atoms with E-state index in [1.54, 1.807) is 24.3 Å². The van der Waals surface area contributed by atoms with E-state index >= 15 is 0 Å². The van der Waals surface area contributed by atoms with Crippen molar-refractivity contribution in [3.63, 3.8) is 0 Å². The van der Waals surface area contributed by atoms with E-state index in [0.29, 0.717) is 35.1 Å². The lowest BCUT2D eigenvalue weighted by Gasteiger charge is -2.40. The molecule has 2 heterocycles. The highest BCUT2D eigenvalue weighted by atomic mass is 16.6. The normalized spacial score (nSPS) is 21.8. The molecule has 1 aliphatic carbocycles. The molecule has 3 aromatic carbocycles. The zero-order valence-corrected chi connectivity index (χ0v) is 20.4. The van der Waals surface area contributed by atoms with Gasteiger partial charge in [0.2, 0.25) is 6.23 Å². The number of cyclic esters (lactones) is 1. The molecule has 3 aromatic rings. The number of Topliss-reactive ketones (excluding diaryl/α,β-unsaturated/α-hetero) is 1. The zero-order valence-electron chi connectivity index (χ0n) is 20.4. The number of non-ortho nitro benzene ring substituents is 1. The number of esters is 1. The number of hydrogen-bond acceptors (Lipinski definition) is 7. The highest BCUT2D eigenvalue weighted by Crippen LogP contribution is 2.52. The minimum absolute atomic E-state index is 0.0364. The predicted octanol–water partition coefficient (Wildman–Crippen LogP) is 6.08. The fourth-order valence-electron chi connectivity index (χ4n) is 5.74. The molecule has 0 spiro atoms. The summed E-state index contributed by atoms with van der Waals surface area (Å²) in [5.41, 5.74) is 4.22. The molecule has 1 N–H and O–H groups in total. The lowest BCUT2D eigenvalue weighted by molar-refractivity contribution is -0.384. The molecule has 0 unspecified atom stereocenters. The molecule has 0 saturated heterocycles. The van der Waals surface area contributed by atoms with Crippen molar-refractivity contribution in [3.05, 3.63) is 111 Å². The van der Waals surface area contributed by atoms with Gasteiger partial charge in [-0.3, -0.25) is 14.9 Å². The summed E-state index contributed by atoms with van der Waals surface area (Å²) in [5.74, 6) is -0.482. The summed E-state index contributed by atoms with van der Waals surface area (Å²) >= 11 is 0. The molecule has 0 saturated carbocycles. The monoisotopic (exact) mass is 495 g/mol. The maximum absolute atomic E-state index is 13.9. The Morgan fingerprint density at radius 1 is 1.00 bits per heavy atom. The van der Waals surface area contributed by atoms with Gasteiger partial charge in [-0.2, -0.15) is 0 Å². The van der Waals surface area contributed by atoms with Gasteiger partial charge in [0, 0.05) is 35.4 Å². The van der Waals surface area contributed by atoms with Gasteiger partial charge in [-0.1, -0.05) is 56.3 Å². The molecule has 0 amide bonds. The Hall–Kier alpha value is -4.46. The van der Waals surface area contributed by atoms with Crippen LogP contribution in [0.5, 0.6) is 0 Å². The van der Waals surface area contributed by atoms with Gasteiger partial charge in [-0.05, 0) is 35.6 Å². The Balaban J connectivity index is 1.65. The van der Waals surface area contributed by atoms with Crippen molar-refractivity contribution >= 4 is 28.8 Å². The molecule has 0 aromatic heterocycles. The number of nitro groups is 1. The average Bonchev–Trinajstić information content (AvgIpc) is 3.11. The van der Waals surface area contributed by atoms with Crippen LogP contribution in [0.3, 0.4) is 0 Å². The molecule has 0 radical (unpaired) electrons. The number of nitrogens with one attached hydrogen (secondary N) is 1. The summed E-state index contributed by atoms with van der Waals surface area (Å²) in [7, 11) is 0. The number of benzene rings is 3. The van der Waals surface area contributed by atoms with Crippen LogP contribution in [-0.4, -0.2) is 16.7 Å². The Labute approximate surface area is 213 Å². The molecule has 6 rings (SSSR count). The summed E-state index contributed by atoms with van der Waals surface area (Å²) in [6.45, 7) is 4.12. The number of hydrogen-bond donors (Lipinski definition) is 1. The number of para-hydroxylation sites is 2. The van der Waals surface area contributed by atoms with Crippen molar-refractivity contribution in [2.45, 2.75) is 39.0 Å².